The van der Waals surface area contributed by atoms with Crippen LogP contribution in [0.3, 0.4) is 0 Å². The summed E-state index contributed by atoms with van der Waals surface area (Å²) in [5, 5.41) is 0. The fourth-order valence-electron chi connectivity index (χ4n) is 1.97. The molecule has 0 bridgehead atoms. The molecule has 0 saturated carbocycles. The maximum atomic E-state index is 12.3. The van der Waals surface area contributed by atoms with Gasteiger partial charge in [-0.15, -0.1) is 11.8 Å². The van der Waals surface area contributed by atoms with Crippen LogP contribution in [0.1, 0.15) is 26.3 Å². The maximum absolute atomic E-state index is 12.3. The van der Waals surface area contributed by atoms with Crippen LogP contribution in [0.2, 0.25) is 0 Å². The van der Waals surface area contributed by atoms with Crippen LogP contribution >= 0.6 is 19.5 Å². The monoisotopic (exact) mass is 303 g/mol. The highest BCUT2D eigenvalue weighted by Crippen LogP contribution is 2.50. The molecule has 0 radical (unpaired) electrons. The molecule has 0 aliphatic carbocycles. The molecule has 108 valence electrons. The Hall–Kier alpha value is -0.480. The van der Waals surface area contributed by atoms with Gasteiger partial charge in [0.05, 0.1) is 6.61 Å². The molecule has 0 aliphatic heterocycles. The fourth-order valence-corrected chi connectivity index (χ4v) is 4.02. The normalized spacial score (nSPS) is 14.5. The number of aryl methyl sites for hydroxylation is 1. The molecule has 1 rings (SSSR count). The Morgan fingerprint density at radius 3 is 2.53 bits per heavy atom. The number of thioether (sulfide) groups is 1. The van der Waals surface area contributed by atoms with E-state index in [-0.39, 0.29) is 12.6 Å². The van der Waals surface area contributed by atoms with Gasteiger partial charge in [0, 0.05) is 16.6 Å². The summed E-state index contributed by atoms with van der Waals surface area (Å²) in [6.07, 6.45) is 2.01. The van der Waals surface area contributed by atoms with Gasteiger partial charge in [-0.3, -0.25) is 9.19 Å². The summed E-state index contributed by atoms with van der Waals surface area (Å²) in [4.78, 5) is 11.2. The van der Waals surface area contributed by atoms with Gasteiger partial charge in [0.15, 0.2) is 0 Å². The summed E-state index contributed by atoms with van der Waals surface area (Å²) in [6.45, 7) is 7.67. The van der Waals surface area contributed by atoms with Crippen LogP contribution in [0.4, 0.5) is 5.69 Å². The smallest absolute Gasteiger partial charge is 0.308 e. The van der Waals surface area contributed by atoms with Crippen molar-refractivity contribution in [2.75, 3.05) is 17.5 Å². The van der Waals surface area contributed by atoms with E-state index in [1.54, 1.807) is 18.7 Å². The molecule has 0 fully saturated rings. The van der Waals surface area contributed by atoms with E-state index in [0.717, 1.165) is 10.5 Å². The highest BCUT2D eigenvalue weighted by atomic mass is 32.2. The van der Waals surface area contributed by atoms with Crippen molar-refractivity contribution < 1.29 is 14.0 Å². The maximum Gasteiger partial charge on any atom is 0.432 e. The zero-order valence-corrected chi connectivity index (χ0v) is 13.8. The standard InChI is InChI=1S/C13H22NO3PS/c1-6-17-18(15,16)14(10(2)3)12-7-8-13(19-5)11(4)9-12/h7-10H,6H2,1-5H3,(H,15,16). The van der Waals surface area contributed by atoms with E-state index < -0.39 is 7.75 Å². The number of hydrogen-bond donors (Lipinski definition) is 1. The molecule has 0 amide bonds. The summed E-state index contributed by atoms with van der Waals surface area (Å²) >= 11 is 1.66. The highest BCUT2D eigenvalue weighted by molar-refractivity contribution is 7.98. The molecule has 19 heavy (non-hydrogen) atoms. The molecule has 0 aliphatic rings. The molecule has 0 saturated heterocycles. The van der Waals surface area contributed by atoms with E-state index in [1.807, 2.05) is 45.2 Å². The van der Waals surface area contributed by atoms with E-state index >= 15 is 0 Å². The van der Waals surface area contributed by atoms with Crippen molar-refractivity contribution in [3.63, 3.8) is 0 Å². The van der Waals surface area contributed by atoms with Gasteiger partial charge in [0.25, 0.3) is 0 Å². The number of anilines is 1. The summed E-state index contributed by atoms with van der Waals surface area (Å²) in [5.74, 6) is 0. The van der Waals surface area contributed by atoms with E-state index in [4.69, 9.17) is 4.52 Å². The van der Waals surface area contributed by atoms with Crippen LogP contribution < -0.4 is 4.67 Å². The Morgan fingerprint density at radius 1 is 1.47 bits per heavy atom. The van der Waals surface area contributed by atoms with E-state index in [9.17, 15) is 9.46 Å². The lowest BCUT2D eigenvalue weighted by Crippen LogP contribution is -2.28. The second kappa shape index (κ2) is 6.80. The largest absolute Gasteiger partial charge is 0.432 e. The molecule has 1 aromatic rings. The SMILES string of the molecule is CCOP(=O)(O)N(c1ccc(SC)c(C)c1)C(C)C. The van der Waals surface area contributed by atoms with Crippen LogP contribution in [0.15, 0.2) is 23.1 Å². The molecule has 0 aromatic heterocycles. The van der Waals surface area contributed by atoms with Crippen LogP contribution in [-0.2, 0) is 9.09 Å². The predicted molar refractivity (Wildman–Crippen MR) is 82.0 cm³/mol. The molecule has 1 unspecified atom stereocenters. The minimum absolute atomic E-state index is 0.123. The lowest BCUT2D eigenvalue weighted by Gasteiger charge is -2.32. The van der Waals surface area contributed by atoms with Gasteiger partial charge in [0.2, 0.25) is 0 Å². The van der Waals surface area contributed by atoms with Crippen molar-refractivity contribution in [1.82, 2.24) is 0 Å². The van der Waals surface area contributed by atoms with Crippen LogP contribution in [0, 0.1) is 6.92 Å². The third-order valence-corrected chi connectivity index (χ3v) is 5.43. The van der Waals surface area contributed by atoms with Gasteiger partial charge in [-0.25, -0.2) is 4.57 Å². The zero-order valence-electron chi connectivity index (χ0n) is 12.1. The minimum atomic E-state index is -3.80. The molecule has 1 N–H and O–H groups in total. The third kappa shape index (κ3) is 3.99. The molecular formula is C13H22NO3PS. The van der Waals surface area contributed by atoms with E-state index in [1.165, 1.54) is 4.67 Å². The Labute approximate surface area is 119 Å². The first-order valence-corrected chi connectivity index (χ1v) is 9.00. The van der Waals surface area contributed by atoms with Gasteiger partial charge in [-0.05, 0) is 57.7 Å². The fraction of sp³-hybridized carbons (Fsp3) is 0.538. The number of rotatable bonds is 6. The van der Waals surface area contributed by atoms with Crippen molar-refractivity contribution in [2.45, 2.75) is 38.6 Å². The third-order valence-electron chi connectivity index (χ3n) is 2.70. The Kier molecular flexibility index (Phi) is 5.93. The van der Waals surface area contributed by atoms with Gasteiger partial charge in [0.1, 0.15) is 0 Å². The van der Waals surface area contributed by atoms with Gasteiger partial charge >= 0.3 is 7.75 Å². The van der Waals surface area contributed by atoms with Crippen molar-refractivity contribution in [2.24, 2.45) is 0 Å². The first-order chi connectivity index (χ1) is 8.83. The molecule has 6 heteroatoms. The van der Waals surface area contributed by atoms with Crippen molar-refractivity contribution in [3.8, 4) is 0 Å². The number of nitrogens with zero attached hydrogens (tertiary/aromatic N) is 1. The average molecular weight is 303 g/mol. The lowest BCUT2D eigenvalue weighted by molar-refractivity contribution is 0.268. The molecule has 1 aromatic carbocycles. The summed E-state index contributed by atoms with van der Waals surface area (Å²) < 4.78 is 18.8. The zero-order chi connectivity index (χ0) is 14.6. The first-order valence-electron chi connectivity index (χ1n) is 6.25. The Morgan fingerprint density at radius 2 is 2.11 bits per heavy atom. The summed E-state index contributed by atoms with van der Waals surface area (Å²) in [5.41, 5.74) is 1.80. The molecule has 0 heterocycles. The summed E-state index contributed by atoms with van der Waals surface area (Å²) in [7, 11) is -3.80. The van der Waals surface area contributed by atoms with Crippen LogP contribution in [-0.4, -0.2) is 23.8 Å². The highest BCUT2D eigenvalue weighted by Gasteiger charge is 2.32. The molecular weight excluding hydrogens is 281 g/mol. The number of benzene rings is 1. The quantitative estimate of drug-likeness (QED) is 0.634. The summed E-state index contributed by atoms with van der Waals surface area (Å²) in [6, 6.07) is 5.63. The van der Waals surface area contributed by atoms with Gasteiger partial charge < -0.3 is 4.89 Å². The Balaban J connectivity index is 3.20. The molecule has 0 spiro atoms. The number of hydrogen-bond acceptors (Lipinski definition) is 3. The minimum Gasteiger partial charge on any atom is -0.308 e. The molecule has 4 nitrogen and oxygen atoms in total. The topological polar surface area (TPSA) is 49.8 Å². The van der Waals surface area contributed by atoms with E-state index in [2.05, 4.69) is 0 Å². The average Bonchev–Trinajstić information content (AvgIpc) is 2.28. The van der Waals surface area contributed by atoms with Gasteiger partial charge in [-0.1, -0.05) is 0 Å². The van der Waals surface area contributed by atoms with Crippen molar-refractivity contribution in [3.05, 3.63) is 23.8 Å². The lowest BCUT2D eigenvalue weighted by atomic mass is 10.2. The van der Waals surface area contributed by atoms with Crippen LogP contribution in [0.5, 0.6) is 0 Å². The Bertz CT molecular complexity index is 479. The van der Waals surface area contributed by atoms with Gasteiger partial charge in [-0.2, -0.15) is 0 Å². The second-order valence-corrected chi connectivity index (χ2v) is 7.02. The van der Waals surface area contributed by atoms with E-state index in [0.29, 0.717) is 5.69 Å². The van der Waals surface area contributed by atoms with Crippen LogP contribution in [0.25, 0.3) is 0 Å². The second-order valence-electron chi connectivity index (χ2n) is 4.50. The van der Waals surface area contributed by atoms with Crippen molar-refractivity contribution >= 4 is 25.2 Å². The van der Waals surface area contributed by atoms with Crippen molar-refractivity contribution in [1.29, 1.82) is 0 Å². The first kappa shape index (κ1) is 16.6. The predicted octanol–water partition coefficient (Wildman–Crippen LogP) is 4.07. The molecule has 1 atom stereocenters.